The van der Waals surface area contributed by atoms with Gasteiger partial charge in [0, 0.05) is 11.6 Å². The van der Waals surface area contributed by atoms with Gasteiger partial charge in [-0.3, -0.25) is 4.79 Å². The van der Waals surface area contributed by atoms with Crippen LogP contribution in [0.25, 0.3) is 5.13 Å². The number of nitrogens with one attached hydrogen (secondary N) is 1. The van der Waals surface area contributed by atoms with Crippen molar-refractivity contribution < 1.29 is 4.79 Å². The fourth-order valence-electron chi connectivity index (χ4n) is 1.12. The van der Waals surface area contributed by atoms with E-state index in [2.05, 4.69) is 15.2 Å². The molecular formula is C7H6N6OS. The number of amides is 1. The van der Waals surface area contributed by atoms with E-state index >= 15 is 0 Å². The van der Waals surface area contributed by atoms with E-state index in [1.807, 2.05) is 0 Å². The molecule has 0 unspecified atom stereocenters. The molecule has 7 nitrogen and oxygen atoms in total. The molecule has 0 aromatic carbocycles. The van der Waals surface area contributed by atoms with Gasteiger partial charge in [0.05, 0.1) is 6.20 Å². The Hall–Kier alpha value is -2.09. The van der Waals surface area contributed by atoms with Gasteiger partial charge in [-0.2, -0.15) is 14.9 Å². The molecule has 1 amide bonds. The highest BCUT2D eigenvalue weighted by Crippen LogP contribution is 2.22. The number of carbonyl (C=O) groups excluding carboxylic acids is 1. The van der Waals surface area contributed by atoms with Crippen molar-refractivity contribution in [1.82, 2.24) is 14.8 Å². The summed E-state index contributed by atoms with van der Waals surface area (Å²) in [5.41, 5.74) is 12.2. The lowest BCUT2D eigenvalue weighted by Crippen LogP contribution is -2.16. The minimum atomic E-state index is -0.686. The largest absolute Gasteiger partial charge is 0.364 e. The molecule has 0 bridgehead atoms. The Morgan fingerprint density at radius 2 is 2.47 bits per heavy atom. The van der Waals surface area contributed by atoms with Gasteiger partial charge in [-0.05, 0) is 0 Å². The molecule has 8 heteroatoms. The number of nitrogens with two attached hydrogens (primary N) is 1. The Balaban J connectivity index is 2.62. The first-order valence-electron chi connectivity index (χ1n) is 3.89. The van der Waals surface area contributed by atoms with Crippen LogP contribution in [0.1, 0.15) is 10.5 Å². The zero-order valence-corrected chi connectivity index (χ0v) is 8.23. The lowest BCUT2D eigenvalue weighted by atomic mass is 10.3. The number of thiazole rings is 1. The molecule has 2 aromatic rings. The molecule has 0 atom stereocenters. The Bertz CT molecular complexity index is 502. The molecule has 0 radical (unpaired) electrons. The van der Waals surface area contributed by atoms with Gasteiger partial charge in [-0.15, -0.1) is 11.3 Å². The fourth-order valence-corrected chi connectivity index (χ4v) is 1.72. The summed E-state index contributed by atoms with van der Waals surface area (Å²) in [6.07, 6.45) is 2.89. The molecule has 2 rings (SSSR count). The van der Waals surface area contributed by atoms with Crippen LogP contribution in [0.15, 0.2) is 22.9 Å². The van der Waals surface area contributed by atoms with E-state index in [1.165, 1.54) is 22.2 Å². The van der Waals surface area contributed by atoms with Crippen LogP contribution in [0.2, 0.25) is 0 Å². The van der Waals surface area contributed by atoms with E-state index in [1.54, 1.807) is 11.6 Å². The molecule has 3 N–H and O–H groups in total. The van der Waals surface area contributed by atoms with E-state index < -0.39 is 5.91 Å². The van der Waals surface area contributed by atoms with Crippen molar-refractivity contribution in [3.05, 3.63) is 23.5 Å². The van der Waals surface area contributed by atoms with Gasteiger partial charge in [0.15, 0.2) is 5.69 Å². The number of hydrogen-bond donors (Lipinski definition) is 2. The fraction of sp³-hybridized carbons (Fsp3) is 0. The maximum absolute atomic E-state index is 11.2. The molecule has 0 aliphatic carbocycles. The lowest BCUT2D eigenvalue weighted by Gasteiger charge is -1.99. The number of rotatable bonds is 3. The zero-order chi connectivity index (χ0) is 10.8. The summed E-state index contributed by atoms with van der Waals surface area (Å²) in [7, 11) is 0. The Morgan fingerprint density at radius 1 is 1.67 bits per heavy atom. The van der Waals surface area contributed by atoms with Crippen molar-refractivity contribution in [2.24, 2.45) is 10.8 Å². The molecule has 0 aliphatic rings. The molecular weight excluding hydrogens is 216 g/mol. The highest BCUT2D eigenvalue weighted by molar-refractivity contribution is 7.12. The molecule has 0 saturated heterocycles. The van der Waals surface area contributed by atoms with E-state index in [0.717, 1.165) is 0 Å². The van der Waals surface area contributed by atoms with Gasteiger partial charge in [-0.25, -0.2) is 10.5 Å². The quantitative estimate of drug-likeness (QED) is 0.758. The molecule has 15 heavy (non-hydrogen) atoms. The minimum Gasteiger partial charge on any atom is -0.364 e. The van der Waals surface area contributed by atoms with Gasteiger partial charge in [0.25, 0.3) is 5.91 Å². The summed E-state index contributed by atoms with van der Waals surface area (Å²) in [5.74, 6) is -0.686. The highest BCUT2D eigenvalue weighted by Gasteiger charge is 2.18. The van der Waals surface area contributed by atoms with Crippen LogP contribution >= 0.6 is 11.3 Å². The van der Waals surface area contributed by atoms with Crippen LogP contribution in [-0.4, -0.2) is 20.7 Å². The molecule has 0 saturated carbocycles. The van der Waals surface area contributed by atoms with Gasteiger partial charge in [0.2, 0.25) is 5.13 Å². The summed E-state index contributed by atoms with van der Waals surface area (Å²) in [6.45, 7) is 0. The van der Waals surface area contributed by atoms with Crippen LogP contribution in [0.5, 0.6) is 0 Å². The van der Waals surface area contributed by atoms with Crippen molar-refractivity contribution in [3.8, 4) is 5.13 Å². The van der Waals surface area contributed by atoms with Crippen LogP contribution in [-0.2, 0) is 0 Å². The molecule has 0 spiro atoms. The molecule has 0 aliphatic heterocycles. The Kier molecular flexibility index (Phi) is 2.26. The van der Waals surface area contributed by atoms with Crippen LogP contribution in [0, 0.1) is 5.53 Å². The average molecular weight is 222 g/mol. The maximum Gasteiger partial charge on any atom is 0.269 e. The third-order valence-corrected chi connectivity index (χ3v) is 2.45. The van der Waals surface area contributed by atoms with E-state index in [-0.39, 0.29) is 11.4 Å². The average Bonchev–Trinajstić information content (AvgIpc) is 2.85. The first-order valence-corrected chi connectivity index (χ1v) is 4.77. The number of primary amides is 1. The maximum atomic E-state index is 11.2. The second-order valence-electron chi connectivity index (χ2n) is 2.58. The second-order valence-corrected chi connectivity index (χ2v) is 3.45. The van der Waals surface area contributed by atoms with Gasteiger partial charge < -0.3 is 5.73 Å². The standard InChI is InChI=1S/C7H6N6OS/c8-6(14)5-4(12-9)3-11-13(5)7-10-1-2-15-7/h1-3,9H,(H2,8,14). The second kappa shape index (κ2) is 3.58. The third kappa shape index (κ3) is 1.50. The van der Waals surface area contributed by atoms with Crippen molar-refractivity contribution in [2.75, 3.05) is 0 Å². The zero-order valence-electron chi connectivity index (χ0n) is 7.41. The first-order chi connectivity index (χ1) is 7.24. The summed E-state index contributed by atoms with van der Waals surface area (Å²) in [4.78, 5) is 15.1. The normalized spacial score (nSPS) is 10.1. The van der Waals surface area contributed by atoms with Crippen molar-refractivity contribution in [1.29, 1.82) is 5.53 Å². The number of nitrogens with zero attached hydrogens (tertiary/aromatic N) is 4. The summed E-state index contributed by atoms with van der Waals surface area (Å²) >= 11 is 1.31. The van der Waals surface area contributed by atoms with Gasteiger partial charge in [-0.1, -0.05) is 0 Å². The van der Waals surface area contributed by atoms with E-state index in [9.17, 15) is 4.79 Å². The van der Waals surface area contributed by atoms with Crippen molar-refractivity contribution >= 4 is 22.9 Å². The molecule has 0 fully saturated rings. The third-order valence-electron chi connectivity index (χ3n) is 1.70. The first kappa shape index (κ1) is 9.46. The predicted molar refractivity (Wildman–Crippen MR) is 52.6 cm³/mol. The van der Waals surface area contributed by atoms with Crippen molar-refractivity contribution in [3.63, 3.8) is 0 Å². The van der Waals surface area contributed by atoms with Gasteiger partial charge >= 0.3 is 0 Å². The number of aromatic nitrogens is 3. The molecule has 2 aromatic heterocycles. The van der Waals surface area contributed by atoms with E-state index in [0.29, 0.717) is 5.13 Å². The van der Waals surface area contributed by atoms with Crippen LogP contribution in [0.4, 0.5) is 5.69 Å². The van der Waals surface area contributed by atoms with E-state index in [4.69, 9.17) is 11.3 Å². The summed E-state index contributed by atoms with van der Waals surface area (Å²) < 4.78 is 1.28. The SMILES string of the molecule is N=Nc1cnn(-c2nccs2)c1C(N)=O. The Morgan fingerprint density at radius 3 is 3.00 bits per heavy atom. The van der Waals surface area contributed by atoms with Crippen molar-refractivity contribution in [2.45, 2.75) is 0 Å². The topological polar surface area (TPSA) is 110 Å². The molecule has 76 valence electrons. The summed E-state index contributed by atoms with van der Waals surface area (Å²) in [5, 5.41) is 9.33. The molecule has 2 heterocycles. The Labute approximate surface area is 88.1 Å². The smallest absolute Gasteiger partial charge is 0.269 e. The number of hydrogen-bond acceptors (Lipinski definition) is 6. The van der Waals surface area contributed by atoms with Crippen LogP contribution < -0.4 is 5.73 Å². The van der Waals surface area contributed by atoms with Gasteiger partial charge in [0.1, 0.15) is 5.69 Å². The lowest BCUT2D eigenvalue weighted by molar-refractivity contribution is 0.0993. The van der Waals surface area contributed by atoms with Crippen LogP contribution in [0.3, 0.4) is 0 Å². The summed E-state index contributed by atoms with van der Waals surface area (Å²) in [6, 6.07) is 0. The predicted octanol–water partition coefficient (Wildman–Crippen LogP) is 1.09. The minimum absolute atomic E-state index is 0.0694. The number of carbonyl (C=O) groups is 1. The highest BCUT2D eigenvalue weighted by atomic mass is 32.1. The monoisotopic (exact) mass is 222 g/mol.